The Morgan fingerprint density at radius 3 is 3.00 bits per heavy atom. The quantitative estimate of drug-likeness (QED) is 0.845. The molecule has 19 heavy (non-hydrogen) atoms. The molecule has 0 aromatic heterocycles. The maximum absolute atomic E-state index is 12.2. The predicted molar refractivity (Wildman–Crippen MR) is 64.4 cm³/mol. The van der Waals surface area contributed by atoms with Gasteiger partial charge in [0.05, 0.1) is 12.7 Å². The van der Waals surface area contributed by atoms with Crippen LogP contribution >= 0.6 is 0 Å². The SMILES string of the molecule is C[C@H]1CN(C(=O)c2cccc(OC(F)F)c2)CCO1. The Bertz CT molecular complexity index is 453. The van der Waals surface area contributed by atoms with Gasteiger partial charge in [0, 0.05) is 18.7 Å². The second-order valence-electron chi connectivity index (χ2n) is 4.34. The number of benzene rings is 1. The molecule has 2 rings (SSSR count). The van der Waals surface area contributed by atoms with Gasteiger partial charge in [0.1, 0.15) is 5.75 Å². The molecule has 104 valence electrons. The Hall–Kier alpha value is -1.69. The van der Waals surface area contributed by atoms with Crippen LogP contribution in [-0.4, -0.2) is 43.2 Å². The van der Waals surface area contributed by atoms with Gasteiger partial charge in [-0.2, -0.15) is 8.78 Å². The first-order valence-corrected chi connectivity index (χ1v) is 6.02. The number of rotatable bonds is 3. The third-order valence-corrected chi connectivity index (χ3v) is 2.83. The molecule has 6 heteroatoms. The molecule has 0 saturated carbocycles. The Morgan fingerprint density at radius 2 is 2.32 bits per heavy atom. The summed E-state index contributed by atoms with van der Waals surface area (Å²) in [5, 5.41) is 0. The first-order valence-electron chi connectivity index (χ1n) is 6.02. The van der Waals surface area contributed by atoms with Crippen molar-refractivity contribution in [2.75, 3.05) is 19.7 Å². The molecule has 1 amide bonds. The van der Waals surface area contributed by atoms with E-state index in [1.807, 2.05) is 6.92 Å². The molecule has 1 heterocycles. The van der Waals surface area contributed by atoms with E-state index in [1.54, 1.807) is 11.0 Å². The zero-order valence-electron chi connectivity index (χ0n) is 10.5. The topological polar surface area (TPSA) is 38.8 Å². The van der Waals surface area contributed by atoms with Crippen LogP contribution in [-0.2, 0) is 4.74 Å². The fourth-order valence-electron chi connectivity index (χ4n) is 1.99. The number of ether oxygens (including phenoxy) is 2. The van der Waals surface area contributed by atoms with E-state index in [2.05, 4.69) is 4.74 Å². The minimum Gasteiger partial charge on any atom is -0.435 e. The maximum Gasteiger partial charge on any atom is 0.387 e. The molecule has 1 saturated heterocycles. The first kappa shape index (κ1) is 13.7. The number of amides is 1. The van der Waals surface area contributed by atoms with E-state index in [9.17, 15) is 13.6 Å². The van der Waals surface area contributed by atoms with Crippen LogP contribution < -0.4 is 4.74 Å². The van der Waals surface area contributed by atoms with E-state index in [0.717, 1.165) is 0 Å². The number of hydrogen-bond donors (Lipinski definition) is 0. The van der Waals surface area contributed by atoms with Gasteiger partial charge in [-0.1, -0.05) is 6.07 Å². The van der Waals surface area contributed by atoms with Gasteiger partial charge < -0.3 is 14.4 Å². The molecule has 0 unspecified atom stereocenters. The second kappa shape index (κ2) is 5.97. The molecule has 0 spiro atoms. The average Bonchev–Trinajstić information content (AvgIpc) is 2.37. The summed E-state index contributed by atoms with van der Waals surface area (Å²) in [4.78, 5) is 13.9. The van der Waals surface area contributed by atoms with Crippen molar-refractivity contribution < 1.29 is 23.0 Å². The molecular formula is C13H15F2NO3. The first-order chi connectivity index (χ1) is 9.06. The monoisotopic (exact) mass is 271 g/mol. The van der Waals surface area contributed by atoms with Gasteiger partial charge in [-0.25, -0.2) is 0 Å². The summed E-state index contributed by atoms with van der Waals surface area (Å²) in [5.74, 6) is -0.211. The van der Waals surface area contributed by atoms with Gasteiger partial charge in [0.2, 0.25) is 0 Å². The van der Waals surface area contributed by atoms with Gasteiger partial charge in [-0.3, -0.25) is 4.79 Å². The highest BCUT2D eigenvalue weighted by atomic mass is 19.3. The van der Waals surface area contributed by atoms with Crippen LogP contribution in [0.15, 0.2) is 24.3 Å². The molecule has 4 nitrogen and oxygen atoms in total. The molecule has 1 aromatic carbocycles. The third kappa shape index (κ3) is 3.64. The van der Waals surface area contributed by atoms with E-state index < -0.39 is 6.61 Å². The number of nitrogens with zero attached hydrogens (tertiary/aromatic N) is 1. The van der Waals surface area contributed by atoms with Crippen LogP contribution in [0.5, 0.6) is 5.75 Å². The summed E-state index contributed by atoms with van der Waals surface area (Å²) < 4.78 is 33.9. The number of hydrogen-bond acceptors (Lipinski definition) is 3. The second-order valence-corrected chi connectivity index (χ2v) is 4.34. The van der Waals surface area contributed by atoms with Crippen molar-refractivity contribution in [3.63, 3.8) is 0 Å². The fourth-order valence-corrected chi connectivity index (χ4v) is 1.99. The van der Waals surface area contributed by atoms with Gasteiger partial charge in [0.15, 0.2) is 0 Å². The van der Waals surface area contributed by atoms with Crippen LogP contribution in [0.25, 0.3) is 0 Å². The molecule has 0 bridgehead atoms. The number of alkyl halides is 2. The van der Waals surface area contributed by atoms with Crippen LogP contribution in [0.1, 0.15) is 17.3 Å². The Labute approximate surface area is 109 Å². The molecule has 1 aliphatic rings. The lowest BCUT2D eigenvalue weighted by molar-refractivity contribution is -0.0499. The molecule has 1 atom stereocenters. The largest absolute Gasteiger partial charge is 0.435 e. The maximum atomic E-state index is 12.2. The molecule has 0 aliphatic carbocycles. The summed E-state index contributed by atoms with van der Waals surface area (Å²) in [6.45, 7) is 0.478. The molecule has 1 aliphatic heterocycles. The predicted octanol–water partition coefficient (Wildman–Crippen LogP) is 2.15. The van der Waals surface area contributed by atoms with E-state index in [1.165, 1.54) is 18.2 Å². The smallest absolute Gasteiger partial charge is 0.387 e. The summed E-state index contributed by atoms with van der Waals surface area (Å²) in [6, 6.07) is 5.83. The molecule has 0 radical (unpaired) electrons. The zero-order chi connectivity index (χ0) is 13.8. The Balaban J connectivity index is 2.10. The van der Waals surface area contributed by atoms with Crippen molar-refractivity contribution in [3.05, 3.63) is 29.8 Å². The normalized spacial score (nSPS) is 19.6. The highest BCUT2D eigenvalue weighted by Crippen LogP contribution is 2.18. The van der Waals surface area contributed by atoms with Crippen LogP contribution in [0.2, 0.25) is 0 Å². The van der Waals surface area contributed by atoms with Gasteiger partial charge in [0.25, 0.3) is 5.91 Å². The van der Waals surface area contributed by atoms with Gasteiger partial charge in [-0.05, 0) is 25.1 Å². The Kier molecular flexibility index (Phi) is 4.31. The summed E-state index contributed by atoms with van der Waals surface area (Å²) in [7, 11) is 0. The minimum atomic E-state index is -2.89. The van der Waals surface area contributed by atoms with E-state index in [0.29, 0.717) is 25.3 Å². The number of morpholine rings is 1. The van der Waals surface area contributed by atoms with Crippen molar-refractivity contribution in [2.45, 2.75) is 19.6 Å². The Morgan fingerprint density at radius 1 is 1.53 bits per heavy atom. The molecular weight excluding hydrogens is 256 g/mol. The van der Waals surface area contributed by atoms with Crippen molar-refractivity contribution in [2.24, 2.45) is 0 Å². The van der Waals surface area contributed by atoms with Crippen molar-refractivity contribution in [3.8, 4) is 5.75 Å². The highest BCUT2D eigenvalue weighted by molar-refractivity contribution is 5.94. The lowest BCUT2D eigenvalue weighted by atomic mass is 10.1. The number of carbonyl (C=O) groups excluding carboxylic acids is 1. The van der Waals surface area contributed by atoms with Crippen molar-refractivity contribution in [1.82, 2.24) is 4.90 Å². The lowest BCUT2D eigenvalue weighted by Crippen LogP contribution is -2.44. The highest BCUT2D eigenvalue weighted by Gasteiger charge is 2.22. The summed E-state index contributed by atoms with van der Waals surface area (Å²) >= 11 is 0. The van der Waals surface area contributed by atoms with Crippen LogP contribution in [0.3, 0.4) is 0 Å². The minimum absolute atomic E-state index is 0.0119. The van der Waals surface area contributed by atoms with E-state index >= 15 is 0 Å². The standard InChI is InChI=1S/C13H15F2NO3/c1-9-8-16(5-6-18-9)12(17)10-3-2-4-11(7-10)19-13(14)15/h2-4,7,9,13H,5-6,8H2,1H3/t9-/m0/s1. The number of halogens is 2. The molecule has 1 aromatic rings. The van der Waals surface area contributed by atoms with Crippen LogP contribution in [0.4, 0.5) is 8.78 Å². The lowest BCUT2D eigenvalue weighted by Gasteiger charge is -2.31. The number of carbonyl (C=O) groups is 1. The summed E-state index contributed by atoms with van der Waals surface area (Å²) in [6.07, 6.45) is -0.0156. The van der Waals surface area contributed by atoms with E-state index in [-0.39, 0.29) is 17.8 Å². The van der Waals surface area contributed by atoms with E-state index in [4.69, 9.17) is 4.74 Å². The van der Waals surface area contributed by atoms with Crippen LogP contribution in [0, 0.1) is 0 Å². The third-order valence-electron chi connectivity index (χ3n) is 2.83. The molecule has 1 fully saturated rings. The van der Waals surface area contributed by atoms with Gasteiger partial charge in [-0.15, -0.1) is 0 Å². The average molecular weight is 271 g/mol. The molecule has 0 N–H and O–H groups in total. The zero-order valence-corrected chi connectivity index (χ0v) is 10.5. The van der Waals surface area contributed by atoms with Gasteiger partial charge >= 0.3 is 6.61 Å². The van der Waals surface area contributed by atoms with Crippen molar-refractivity contribution >= 4 is 5.91 Å². The fraction of sp³-hybridized carbons (Fsp3) is 0.462. The van der Waals surface area contributed by atoms with Crippen molar-refractivity contribution in [1.29, 1.82) is 0 Å². The summed E-state index contributed by atoms with van der Waals surface area (Å²) in [5.41, 5.74) is 0.340.